The molecule has 0 saturated heterocycles. The summed E-state index contributed by atoms with van der Waals surface area (Å²) in [5.41, 5.74) is 9.20. The van der Waals surface area contributed by atoms with E-state index in [1.165, 1.54) is 46.1 Å². The third-order valence-electron chi connectivity index (χ3n) is 9.04. The Morgan fingerprint density at radius 1 is 0.500 bits per heavy atom. The zero-order valence-corrected chi connectivity index (χ0v) is 24.3. The van der Waals surface area contributed by atoms with Gasteiger partial charge in [-0.3, -0.25) is 9.97 Å². The minimum atomic E-state index is 0.365. The van der Waals surface area contributed by atoms with Crippen LogP contribution in [0.3, 0.4) is 0 Å². The average Bonchev–Trinajstić information content (AvgIpc) is 3.07. The normalized spacial score (nSPS) is 16.9. The second kappa shape index (κ2) is 11.3. The molecule has 0 aliphatic heterocycles. The van der Waals surface area contributed by atoms with Gasteiger partial charge in [-0.15, -0.1) is 0 Å². The first-order chi connectivity index (χ1) is 20.7. The molecule has 4 nitrogen and oxygen atoms in total. The number of fused-ring (bicyclic) bond motifs is 2. The van der Waals surface area contributed by atoms with Crippen LogP contribution in [-0.4, -0.2) is 36.1 Å². The summed E-state index contributed by atoms with van der Waals surface area (Å²) < 4.78 is 0. The summed E-state index contributed by atoms with van der Waals surface area (Å²) in [6.07, 6.45) is 8.82. The Morgan fingerprint density at radius 2 is 0.929 bits per heavy atom. The Balaban J connectivity index is 1.21. The lowest BCUT2D eigenvalue weighted by Crippen LogP contribution is -2.51. The van der Waals surface area contributed by atoms with Gasteiger partial charge in [0.2, 0.25) is 0 Å². The highest BCUT2D eigenvalue weighted by Crippen LogP contribution is 2.37. The van der Waals surface area contributed by atoms with E-state index in [-0.39, 0.29) is 0 Å². The number of hydrogen-bond donors (Lipinski definition) is 0. The summed E-state index contributed by atoms with van der Waals surface area (Å²) in [6, 6.07) is 39.4. The van der Waals surface area contributed by atoms with Crippen LogP contribution in [0.25, 0.3) is 44.1 Å². The first-order valence-electron chi connectivity index (χ1n) is 15.0. The van der Waals surface area contributed by atoms with Crippen LogP contribution in [0.5, 0.6) is 0 Å². The fraction of sp³-hybridized carbons (Fsp3) is 0.211. The third kappa shape index (κ3) is 4.87. The Morgan fingerprint density at radius 3 is 1.36 bits per heavy atom. The Hall–Kier alpha value is -4.70. The highest BCUT2D eigenvalue weighted by Gasteiger charge is 2.33. The van der Waals surface area contributed by atoms with Gasteiger partial charge in [0.15, 0.2) is 0 Å². The van der Waals surface area contributed by atoms with E-state index in [1.54, 1.807) is 0 Å². The third-order valence-corrected chi connectivity index (χ3v) is 9.04. The quantitative estimate of drug-likeness (QED) is 0.208. The van der Waals surface area contributed by atoms with Crippen LogP contribution in [0.1, 0.15) is 25.7 Å². The molecule has 1 saturated carbocycles. The predicted octanol–water partition coefficient (Wildman–Crippen LogP) is 9.00. The SMILES string of the molecule is CN(c1cccc2cc(-c3ccccc3)cnc12)[C@H]1CCCC[C@@H]1N(C)c1cccc2cc(-c3ccccc3)cnc12. The molecule has 0 unspecified atom stereocenters. The van der Waals surface area contributed by atoms with Crippen molar-refractivity contribution in [2.24, 2.45) is 0 Å². The van der Waals surface area contributed by atoms with Crippen molar-refractivity contribution in [3.05, 3.63) is 122 Å². The predicted molar refractivity (Wildman–Crippen MR) is 177 cm³/mol. The van der Waals surface area contributed by atoms with Gasteiger partial charge in [0.05, 0.1) is 22.4 Å². The van der Waals surface area contributed by atoms with Crippen molar-refractivity contribution in [1.82, 2.24) is 9.97 Å². The zero-order chi connectivity index (χ0) is 28.5. The van der Waals surface area contributed by atoms with Gasteiger partial charge < -0.3 is 9.80 Å². The minimum Gasteiger partial charge on any atom is -0.368 e. The molecule has 1 aliphatic rings. The highest BCUT2D eigenvalue weighted by atomic mass is 15.2. The second-order valence-electron chi connectivity index (χ2n) is 11.5. The van der Waals surface area contributed by atoms with Crippen molar-refractivity contribution in [2.45, 2.75) is 37.8 Å². The van der Waals surface area contributed by atoms with E-state index in [2.05, 4.69) is 133 Å². The van der Waals surface area contributed by atoms with Gasteiger partial charge in [-0.05, 0) is 48.2 Å². The molecule has 2 atom stereocenters. The summed E-state index contributed by atoms with van der Waals surface area (Å²) in [7, 11) is 4.51. The van der Waals surface area contributed by atoms with Crippen molar-refractivity contribution >= 4 is 33.2 Å². The molecule has 2 aromatic heterocycles. The molecule has 0 spiro atoms. The van der Waals surface area contributed by atoms with E-state index >= 15 is 0 Å². The molecule has 6 aromatic rings. The van der Waals surface area contributed by atoms with E-state index in [0.29, 0.717) is 12.1 Å². The fourth-order valence-electron chi connectivity index (χ4n) is 6.79. The lowest BCUT2D eigenvalue weighted by Gasteiger charge is -2.44. The van der Waals surface area contributed by atoms with Gasteiger partial charge in [-0.1, -0.05) is 97.8 Å². The lowest BCUT2D eigenvalue weighted by atomic mass is 9.87. The molecule has 4 heteroatoms. The lowest BCUT2D eigenvalue weighted by molar-refractivity contribution is 0.364. The van der Waals surface area contributed by atoms with Crippen molar-refractivity contribution in [1.29, 1.82) is 0 Å². The number of nitrogens with zero attached hydrogens (tertiary/aromatic N) is 4. The Labute approximate surface area is 248 Å². The molecule has 2 heterocycles. The molecule has 208 valence electrons. The standard InChI is InChI=1S/C38H36N4/c1-41(35-21-11-17-29-23-31(25-39-37(29)35)27-13-5-3-6-14-27)33-19-9-10-20-34(33)42(2)36-22-12-18-30-24-32(26-40-38(30)36)28-15-7-4-8-16-28/h3-8,11-18,21-26,33-34H,9-10,19-20H2,1-2H3/t33-,34-/m0/s1. The molecule has 0 radical (unpaired) electrons. The van der Waals surface area contributed by atoms with E-state index in [0.717, 1.165) is 35.0 Å². The number of likely N-dealkylation sites (N-methyl/N-ethyl adjacent to an activating group) is 2. The van der Waals surface area contributed by atoms with E-state index in [1.807, 2.05) is 12.4 Å². The van der Waals surface area contributed by atoms with Gasteiger partial charge in [0.25, 0.3) is 0 Å². The first kappa shape index (κ1) is 26.2. The number of hydrogen-bond acceptors (Lipinski definition) is 4. The first-order valence-corrected chi connectivity index (χ1v) is 15.0. The summed E-state index contributed by atoms with van der Waals surface area (Å²) in [5.74, 6) is 0. The molecular weight excluding hydrogens is 512 g/mol. The van der Waals surface area contributed by atoms with Crippen molar-refractivity contribution < 1.29 is 0 Å². The molecule has 0 bridgehead atoms. The highest BCUT2D eigenvalue weighted by molar-refractivity contribution is 5.94. The zero-order valence-electron chi connectivity index (χ0n) is 24.3. The summed E-state index contributed by atoms with van der Waals surface area (Å²) in [5, 5.41) is 2.35. The van der Waals surface area contributed by atoms with Crippen LogP contribution < -0.4 is 9.80 Å². The van der Waals surface area contributed by atoms with Crippen molar-refractivity contribution in [2.75, 3.05) is 23.9 Å². The molecule has 42 heavy (non-hydrogen) atoms. The number of pyridine rings is 2. The monoisotopic (exact) mass is 548 g/mol. The Kier molecular flexibility index (Phi) is 7.05. The van der Waals surface area contributed by atoms with E-state index in [4.69, 9.17) is 9.97 Å². The summed E-state index contributed by atoms with van der Waals surface area (Å²) in [4.78, 5) is 15.0. The van der Waals surface area contributed by atoms with E-state index < -0.39 is 0 Å². The number of anilines is 2. The number of para-hydroxylation sites is 2. The average molecular weight is 549 g/mol. The topological polar surface area (TPSA) is 32.3 Å². The molecule has 0 N–H and O–H groups in total. The molecule has 4 aromatic carbocycles. The van der Waals surface area contributed by atoms with Gasteiger partial charge in [0, 0.05) is 60.5 Å². The second-order valence-corrected chi connectivity index (χ2v) is 11.5. The van der Waals surface area contributed by atoms with Crippen LogP contribution in [0, 0.1) is 0 Å². The smallest absolute Gasteiger partial charge is 0.0935 e. The largest absolute Gasteiger partial charge is 0.368 e. The van der Waals surface area contributed by atoms with Crippen LogP contribution >= 0.6 is 0 Å². The number of benzene rings is 4. The minimum absolute atomic E-state index is 0.365. The van der Waals surface area contributed by atoms with Gasteiger partial charge in [-0.25, -0.2) is 0 Å². The van der Waals surface area contributed by atoms with Crippen molar-refractivity contribution in [3.8, 4) is 22.3 Å². The Bertz CT molecular complexity index is 1700. The molecule has 1 fully saturated rings. The molecule has 0 amide bonds. The molecular formula is C38H36N4. The van der Waals surface area contributed by atoms with Gasteiger partial charge in [-0.2, -0.15) is 0 Å². The van der Waals surface area contributed by atoms with Gasteiger partial charge in [0.1, 0.15) is 0 Å². The van der Waals surface area contributed by atoms with Crippen LogP contribution in [0.2, 0.25) is 0 Å². The van der Waals surface area contributed by atoms with Crippen LogP contribution in [-0.2, 0) is 0 Å². The maximum absolute atomic E-state index is 5.01. The van der Waals surface area contributed by atoms with Crippen LogP contribution in [0.15, 0.2) is 122 Å². The van der Waals surface area contributed by atoms with E-state index in [9.17, 15) is 0 Å². The fourth-order valence-corrected chi connectivity index (χ4v) is 6.79. The molecule has 7 rings (SSSR count). The maximum Gasteiger partial charge on any atom is 0.0935 e. The number of rotatable bonds is 6. The summed E-state index contributed by atoms with van der Waals surface area (Å²) in [6.45, 7) is 0. The summed E-state index contributed by atoms with van der Waals surface area (Å²) >= 11 is 0. The van der Waals surface area contributed by atoms with Gasteiger partial charge >= 0.3 is 0 Å². The van der Waals surface area contributed by atoms with Crippen molar-refractivity contribution in [3.63, 3.8) is 0 Å². The maximum atomic E-state index is 5.01. The number of aromatic nitrogens is 2. The van der Waals surface area contributed by atoms with Crippen LogP contribution in [0.4, 0.5) is 11.4 Å². The molecule has 1 aliphatic carbocycles.